The Labute approximate surface area is 95.3 Å². The van der Waals surface area contributed by atoms with Crippen LogP contribution in [-0.2, 0) is 4.74 Å². The molecule has 1 radical (unpaired) electrons. The summed E-state index contributed by atoms with van der Waals surface area (Å²) in [4.78, 5) is 7.26. The second-order valence-electron chi connectivity index (χ2n) is 4.34. The number of ether oxygens (including phenoxy) is 1. The topological polar surface area (TPSA) is 24.8 Å². The van der Waals surface area contributed by atoms with E-state index in [1.807, 2.05) is 11.8 Å². The average Bonchev–Trinajstić information content (AvgIpc) is 2.74. The number of morpholine rings is 1. The zero-order chi connectivity index (χ0) is 10.1. The Hall–Kier alpha value is -0.220. The summed E-state index contributed by atoms with van der Waals surface area (Å²) in [5.41, 5.74) is 0. The number of aliphatic imine (C=N–C) groups is 1. The third-order valence-electron chi connectivity index (χ3n) is 3.31. The number of rotatable bonds is 0. The van der Waals surface area contributed by atoms with Crippen molar-refractivity contribution in [3.63, 3.8) is 0 Å². The molecule has 15 heavy (non-hydrogen) atoms. The van der Waals surface area contributed by atoms with Gasteiger partial charge in [-0.05, 0) is 25.7 Å². The average molecular weight is 225 g/mol. The van der Waals surface area contributed by atoms with Crippen LogP contribution in [0, 0.1) is 6.42 Å². The first-order valence-electron chi connectivity index (χ1n) is 5.82. The maximum absolute atomic E-state index is 5.37. The van der Waals surface area contributed by atoms with E-state index in [4.69, 9.17) is 9.73 Å². The van der Waals surface area contributed by atoms with Crippen LogP contribution in [0.25, 0.3) is 0 Å². The third-order valence-corrected chi connectivity index (χ3v) is 4.69. The molecule has 0 amide bonds. The van der Waals surface area contributed by atoms with Gasteiger partial charge in [-0.3, -0.25) is 4.99 Å². The first-order valence-corrected chi connectivity index (χ1v) is 6.70. The van der Waals surface area contributed by atoms with Crippen LogP contribution < -0.4 is 0 Å². The van der Waals surface area contributed by atoms with Crippen molar-refractivity contribution in [3.8, 4) is 0 Å². The number of fused-ring (bicyclic) bond motifs is 1. The summed E-state index contributed by atoms with van der Waals surface area (Å²) in [6.45, 7) is 3.77. The normalized spacial score (nSPS) is 36.3. The molecule has 0 aromatic carbocycles. The first kappa shape index (κ1) is 9.97. The number of thioether (sulfide) groups is 1. The highest BCUT2D eigenvalue weighted by atomic mass is 32.2. The molecule has 0 spiro atoms. The van der Waals surface area contributed by atoms with Gasteiger partial charge in [0.2, 0.25) is 0 Å². The van der Waals surface area contributed by atoms with E-state index < -0.39 is 0 Å². The second kappa shape index (κ2) is 4.34. The molecule has 1 aliphatic carbocycles. The predicted molar refractivity (Wildman–Crippen MR) is 63.1 cm³/mol. The second-order valence-corrected chi connectivity index (χ2v) is 5.54. The third kappa shape index (κ3) is 2.02. The van der Waals surface area contributed by atoms with Crippen LogP contribution in [0.4, 0.5) is 0 Å². The van der Waals surface area contributed by atoms with Crippen LogP contribution in [0.1, 0.15) is 19.3 Å². The zero-order valence-corrected chi connectivity index (χ0v) is 9.71. The highest BCUT2D eigenvalue weighted by molar-refractivity contribution is 8.14. The summed E-state index contributed by atoms with van der Waals surface area (Å²) in [5, 5.41) is 2.01. The molecule has 2 heterocycles. The van der Waals surface area contributed by atoms with Gasteiger partial charge in [-0.25, -0.2) is 0 Å². The van der Waals surface area contributed by atoms with Gasteiger partial charge in [0.1, 0.15) is 0 Å². The number of nitrogens with zero attached hydrogens (tertiary/aromatic N) is 2. The van der Waals surface area contributed by atoms with Crippen molar-refractivity contribution in [3.05, 3.63) is 6.42 Å². The van der Waals surface area contributed by atoms with E-state index in [1.165, 1.54) is 24.4 Å². The molecule has 1 saturated heterocycles. The van der Waals surface area contributed by atoms with Gasteiger partial charge in [-0.15, -0.1) is 0 Å². The smallest absolute Gasteiger partial charge is 0.160 e. The van der Waals surface area contributed by atoms with E-state index >= 15 is 0 Å². The zero-order valence-electron chi connectivity index (χ0n) is 8.89. The van der Waals surface area contributed by atoms with Gasteiger partial charge >= 0.3 is 0 Å². The highest BCUT2D eigenvalue weighted by Crippen LogP contribution is 2.37. The van der Waals surface area contributed by atoms with Gasteiger partial charge in [0.05, 0.1) is 19.3 Å². The Morgan fingerprint density at radius 1 is 1.40 bits per heavy atom. The SMILES string of the molecule is [CH]1CCC2N=C(N3CCOCC3)SC2C1. The fourth-order valence-electron chi connectivity index (χ4n) is 2.41. The lowest BCUT2D eigenvalue weighted by molar-refractivity contribution is 0.0693. The molecule has 1 saturated carbocycles. The molecule has 3 rings (SSSR count). The molecule has 83 valence electrons. The molecule has 4 heteroatoms. The molecule has 2 aliphatic heterocycles. The van der Waals surface area contributed by atoms with Crippen LogP contribution >= 0.6 is 11.8 Å². The summed E-state index contributed by atoms with van der Waals surface area (Å²) >= 11 is 1.99. The van der Waals surface area contributed by atoms with E-state index in [9.17, 15) is 0 Å². The van der Waals surface area contributed by atoms with Crippen molar-refractivity contribution in [2.24, 2.45) is 4.99 Å². The van der Waals surface area contributed by atoms with Crippen molar-refractivity contribution >= 4 is 16.9 Å². The molecule has 2 unspecified atom stereocenters. The Kier molecular flexibility index (Phi) is 2.88. The van der Waals surface area contributed by atoms with E-state index in [1.54, 1.807) is 0 Å². The molecule has 0 aromatic heterocycles. The Balaban J connectivity index is 1.66. The fourth-order valence-corrected chi connectivity index (χ4v) is 3.79. The monoisotopic (exact) mass is 225 g/mol. The van der Waals surface area contributed by atoms with Gasteiger partial charge in [-0.1, -0.05) is 11.8 Å². The van der Waals surface area contributed by atoms with Crippen molar-refractivity contribution in [2.75, 3.05) is 26.3 Å². The van der Waals surface area contributed by atoms with Crippen molar-refractivity contribution < 1.29 is 4.74 Å². The lowest BCUT2D eigenvalue weighted by atomic mass is 9.96. The number of amidine groups is 1. The maximum Gasteiger partial charge on any atom is 0.160 e. The van der Waals surface area contributed by atoms with Gasteiger partial charge in [-0.2, -0.15) is 0 Å². The van der Waals surface area contributed by atoms with Crippen molar-refractivity contribution in [1.82, 2.24) is 4.90 Å². The maximum atomic E-state index is 5.37. The summed E-state index contributed by atoms with van der Waals surface area (Å²) < 4.78 is 5.37. The minimum absolute atomic E-state index is 0.595. The molecule has 0 N–H and O–H groups in total. The number of hydrogen-bond donors (Lipinski definition) is 0. The molecule has 2 fully saturated rings. The minimum Gasteiger partial charge on any atom is -0.378 e. The van der Waals surface area contributed by atoms with Gasteiger partial charge in [0, 0.05) is 18.3 Å². The summed E-state index contributed by atoms with van der Waals surface area (Å²) in [6.07, 6.45) is 6.17. The largest absolute Gasteiger partial charge is 0.378 e. The molecular weight excluding hydrogens is 208 g/mol. The summed E-state index contributed by atoms with van der Waals surface area (Å²) in [6, 6.07) is 0.595. The van der Waals surface area contributed by atoms with Crippen LogP contribution in [0.15, 0.2) is 4.99 Å². The van der Waals surface area contributed by atoms with E-state index in [0.29, 0.717) is 6.04 Å². The number of hydrogen-bond acceptors (Lipinski definition) is 4. The molecule has 2 atom stereocenters. The Morgan fingerprint density at radius 2 is 2.27 bits per heavy atom. The molecule has 3 nitrogen and oxygen atoms in total. The molecular formula is C11H17N2OS. The molecule has 0 bridgehead atoms. The fraction of sp³-hybridized carbons (Fsp3) is 0.818. The van der Waals surface area contributed by atoms with Crippen LogP contribution in [0.2, 0.25) is 0 Å². The van der Waals surface area contributed by atoms with Crippen LogP contribution in [0.5, 0.6) is 0 Å². The summed E-state index contributed by atoms with van der Waals surface area (Å²) in [7, 11) is 0. The lowest BCUT2D eigenvalue weighted by Crippen LogP contribution is -2.39. The quantitative estimate of drug-likeness (QED) is 0.625. The van der Waals surface area contributed by atoms with Crippen molar-refractivity contribution in [1.29, 1.82) is 0 Å². The van der Waals surface area contributed by atoms with Gasteiger partial charge in [0.15, 0.2) is 5.17 Å². The Morgan fingerprint density at radius 3 is 3.07 bits per heavy atom. The van der Waals surface area contributed by atoms with E-state index in [0.717, 1.165) is 31.6 Å². The minimum atomic E-state index is 0.595. The lowest BCUT2D eigenvalue weighted by Gasteiger charge is -2.28. The van der Waals surface area contributed by atoms with Gasteiger partial charge < -0.3 is 9.64 Å². The predicted octanol–water partition coefficient (Wildman–Crippen LogP) is 1.55. The standard InChI is InChI=1S/C11H17N2OS/c1-2-4-10-9(3-1)12-11(15-10)13-5-7-14-8-6-13/h2,9-10H,1,3-8H2. The Bertz CT molecular complexity index is 263. The van der Waals surface area contributed by atoms with E-state index in [2.05, 4.69) is 11.3 Å². The van der Waals surface area contributed by atoms with Crippen LogP contribution in [-0.4, -0.2) is 47.7 Å². The van der Waals surface area contributed by atoms with Crippen molar-refractivity contribution in [2.45, 2.75) is 30.6 Å². The highest BCUT2D eigenvalue weighted by Gasteiger charge is 2.34. The molecule has 0 aromatic rings. The first-order chi connectivity index (χ1) is 7.43. The van der Waals surface area contributed by atoms with Crippen LogP contribution in [0.3, 0.4) is 0 Å². The van der Waals surface area contributed by atoms with E-state index in [-0.39, 0.29) is 0 Å². The molecule has 3 aliphatic rings. The summed E-state index contributed by atoms with van der Waals surface area (Å²) in [5.74, 6) is 0. The van der Waals surface area contributed by atoms with Gasteiger partial charge in [0.25, 0.3) is 0 Å².